The number of ketones is 1. The van der Waals surface area contributed by atoms with Gasteiger partial charge < -0.3 is 13.7 Å². The Morgan fingerprint density at radius 1 is 1.23 bits per heavy atom. The van der Waals surface area contributed by atoms with Crippen LogP contribution in [0.3, 0.4) is 0 Å². The molecular weight excluding hydrogens is 392 g/mol. The van der Waals surface area contributed by atoms with Crippen molar-refractivity contribution in [2.75, 3.05) is 6.61 Å². The lowest BCUT2D eigenvalue weighted by molar-refractivity contribution is -0.402. The molecule has 0 unspecified atom stereocenters. The van der Waals surface area contributed by atoms with E-state index < -0.39 is 28.0 Å². The van der Waals surface area contributed by atoms with Gasteiger partial charge in [-0.05, 0) is 50.3 Å². The number of hydrogen-bond acceptors (Lipinski definition) is 7. The molecule has 0 fully saturated rings. The zero-order chi connectivity index (χ0) is 21.8. The number of benzene rings is 1. The number of carbonyl (C=O) groups is 2. The van der Waals surface area contributed by atoms with E-state index in [1.807, 2.05) is 6.92 Å². The second-order valence-corrected chi connectivity index (χ2v) is 6.24. The van der Waals surface area contributed by atoms with Crippen LogP contribution < -0.4 is 5.43 Å². The summed E-state index contributed by atoms with van der Waals surface area (Å²) in [6.45, 7) is 4.15. The van der Waals surface area contributed by atoms with Crippen molar-refractivity contribution in [3.05, 3.63) is 79.8 Å². The average molecular weight is 410 g/mol. The number of furan rings is 1. The van der Waals surface area contributed by atoms with Gasteiger partial charge in [0.15, 0.2) is 5.78 Å². The van der Waals surface area contributed by atoms with Crippen molar-refractivity contribution in [2.45, 2.75) is 20.4 Å². The minimum atomic E-state index is -0.720. The topological polar surface area (TPSA) is 122 Å². The second-order valence-electron chi connectivity index (χ2n) is 6.24. The van der Waals surface area contributed by atoms with Crippen molar-refractivity contribution in [1.29, 1.82) is 0 Å². The summed E-state index contributed by atoms with van der Waals surface area (Å²) in [6.07, 6.45) is 3.95. The monoisotopic (exact) mass is 410 g/mol. The van der Waals surface area contributed by atoms with Crippen LogP contribution >= 0.6 is 0 Å². The molecule has 0 atom stereocenters. The SMILES string of the molecule is CCOC(=O)c1cn(CC)c2ccc(C(=O)/C=C/c3ccc([N+](=O)[O-])o3)cc2c1=O. The van der Waals surface area contributed by atoms with Crippen molar-refractivity contribution in [3.8, 4) is 0 Å². The molecule has 30 heavy (non-hydrogen) atoms. The number of ether oxygens (including phenoxy) is 1. The van der Waals surface area contributed by atoms with Gasteiger partial charge in [-0.2, -0.15) is 0 Å². The molecule has 0 radical (unpaired) electrons. The molecule has 0 aliphatic rings. The maximum atomic E-state index is 12.8. The number of pyridine rings is 1. The Bertz CT molecular complexity index is 1230. The van der Waals surface area contributed by atoms with E-state index in [1.54, 1.807) is 23.6 Å². The summed E-state index contributed by atoms with van der Waals surface area (Å²) in [5.41, 5.74) is 0.181. The van der Waals surface area contributed by atoms with Crippen LogP contribution in [0.4, 0.5) is 5.88 Å². The van der Waals surface area contributed by atoms with Crippen LogP contribution in [-0.4, -0.2) is 27.8 Å². The number of nitro groups is 1. The Balaban J connectivity index is 2.00. The van der Waals surface area contributed by atoms with E-state index in [1.165, 1.54) is 36.5 Å². The Hall–Kier alpha value is -4.01. The van der Waals surface area contributed by atoms with Crippen LogP contribution in [0, 0.1) is 10.1 Å². The standard InChI is InChI=1S/C21H18N2O7/c1-3-22-12-16(21(26)29-4-2)20(25)15-11-13(5-8-17(15)22)18(24)9-6-14-7-10-19(30-14)23(27)28/h5-12H,3-4H2,1-2H3/b9-6+. The summed E-state index contributed by atoms with van der Waals surface area (Å²) < 4.78 is 11.7. The van der Waals surface area contributed by atoms with Crippen LogP contribution in [0.1, 0.15) is 40.3 Å². The molecule has 3 aromatic rings. The number of esters is 1. The molecule has 1 aromatic carbocycles. The van der Waals surface area contributed by atoms with Crippen molar-refractivity contribution in [2.24, 2.45) is 0 Å². The molecule has 0 amide bonds. The first-order valence-corrected chi connectivity index (χ1v) is 9.16. The maximum absolute atomic E-state index is 12.8. The van der Waals surface area contributed by atoms with Gasteiger partial charge in [0, 0.05) is 23.7 Å². The third-order valence-electron chi connectivity index (χ3n) is 4.39. The van der Waals surface area contributed by atoms with E-state index in [0.29, 0.717) is 12.1 Å². The molecule has 0 aliphatic carbocycles. The van der Waals surface area contributed by atoms with Gasteiger partial charge in [-0.1, -0.05) is 0 Å². The molecule has 2 aromatic heterocycles. The summed E-state index contributed by atoms with van der Waals surface area (Å²) >= 11 is 0. The number of nitrogens with zero attached hydrogens (tertiary/aromatic N) is 2. The summed E-state index contributed by atoms with van der Waals surface area (Å²) in [5.74, 6) is -1.43. The molecule has 3 rings (SSSR count). The quantitative estimate of drug-likeness (QED) is 0.192. The predicted octanol–water partition coefficient (Wildman–Crippen LogP) is 3.60. The Kier molecular flexibility index (Phi) is 5.91. The smallest absolute Gasteiger partial charge is 0.433 e. The third kappa shape index (κ3) is 4.04. The van der Waals surface area contributed by atoms with Crippen molar-refractivity contribution >= 4 is 34.6 Å². The molecule has 0 spiro atoms. The number of rotatable bonds is 7. The lowest BCUT2D eigenvalue weighted by Gasteiger charge is -2.11. The molecule has 0 aliphatic heterocycles. The summed E-state index contributed by atoms with van der Waals surface area (Å²) in [4.78, 5) is 47.4. The van der Waals surface area contributed by atoms with E-state index in [4.69, 9.17) is 9.15 Å². The summed E-state index contributed by atoms with van der Waals surface area (Å²) in [5, 5.41) is 10.9. The molecule has 0 bridgehead atoms. The van der Waals surface area contributed by atoms with Gasteiger partial charge in [-0.3, -0.25) is 19.7 Å². The first kappa shape index (κ1) is 20.7. The number of fused-ring (bicyclic) bond motifs is 1. The molecular formula is C21H18N2O7. The van der Waals surface area contributed by atoms with Gasteiger partial charge in [0.1, 0.15) is 16.2 Å². The highest BCUT2D eigenvalue weighted by Crippen LogP contribution is 2.19. The first-order valence-electron chi connectivity index (χ1n) is 9.16. The fraction of sp³-hybridized carbons (Fsp3) is 0.190. The molecule has 154 valence electrons. The Labute approximate surface area is 170 Å². The highest BCUT2D eigenvalue weighted by Gasteiger charge is 2.17. The van der Waals surface area contributed by atoms with E-state index >= 15 is 0 Å². The average Bonchev–Trinajstić information content (AvgIpc) is 3.22. The normalized spacial score (nSPS) is 11.1. The predicted molar refractivity (Wildman–Crippen MR) is 109 cm³/mol. The minimum Gasteiger partial charge on any atom is -0.462 e. The molecule has 2 heterocycles. The zero-order valence-electron chi connectivity index (χ0n) is 16.3. The van der Waals surface area contributed by atoms with Crippen LogP contribution in [-0.2, 0) is 11.3 Å². The van der Waals surface area contributed by atoms with Gasteiger partial charge in [-0.25, -0.2) is 4.79 Å². The Morgan fingerprint density at radius 3 is 2.63 bits per heavy atom. The third-order valence-corrected chi connectivity index (χ3v) is 4.39. The van der Waals surface area contributed by atoms with E-state index in [2.05, 4.69) is 0 Å². The van der Waals surface area contributed by atoms with Gasteiger partial charge in [0.05, 0.1) is 18.2 Å². The van der Waals surface area contributed by atoms with Crippen molar-refractivity contribution < 1.29 is 23.7 Å². The van der Waals surface area contributed by atoms with E-state index in [9.17, 15) is 24.5 Å². The van der Waals surface area contributed by atoms with Gasteiger partial charge in [-0.15, -0.1) is 0 Å². The van der Waals surface area contributed by atoms with E-state index in [0.717, 1.165) is 0 Å². The number of hydrogen-bond donors (Lipinski definition) is 0. The Morgan fingerprint density at radius 2 is 2.00 bits per heavy atom. The molecule has 0 N–H and O–H groups in total. The molecule has 0 saturated heterocycles. The van der Waals surface area contributed by atoms with E-state index in [-0.39, 0.29) is 28.9 Å². The van der Waals surface area contributed by atoms with Crippen molar-refractivity contribution in [3.63, 3.8) is 0 Å². The lowest BCUT2D eigenvalue weighted by atomic mass is 10.0. The molecule has 9 nitrogen and oxygen atoms in total. The van der Waals surface area contributed by atoms with Gasteiger partial charge in [0.25, 0.3) is 0 Å². The van der Waals surface area contributed by atoms with Crippen LogP contribution in [0.15, 0.2) is 51.8 Å². The number of carbonyl (C=O) groups excluding carboxylic acids is 2. The van der Waals surface area contributed by atoms with Crippen LogP contribution in [0.2, 0.25) is 0 Å². The maximum Gasteiger partial charge on any atom is 0.433 e. The highest BCUT2D eigenvalue weighted by molar-refractivity contribution is 6.08. The van der Waals surface area contributed by atoms with Crippen molar-refractivity contribution in [1.82, 2.24) is 4.57 Å². The highest BCUT2D eigenvalue weighted by atomic mass is 16.6. The summed E-state index contributed by atoms with van der Waals surface area (Å²) in [7, 11) is 0. The fourth-order valence-corrected chi connectivity index (χ4v) is 2.95. The van der Waals surface area contributed by atoms with Gasteiger partial charge >= 0.3 is 11.9 Å². The minimum absolute atomic E-state index is 0.103. The largest absolute Gasteiger partial charge is 0.462 e. The molecule has 9 heteroatoms. The number of aromatic nitrogens is 1. The first-order chi connectivity index (χ1) is 14.3. The van der Waals surface area contributed by atoms with Gasteiger partial charge in [0.2, 0.25) is 5.43 Å². The fourth-order valence-electron chi connectivity index (χ4n) is 2.95. The second kappa shape index (κ2) is 8.56. The number of aryl methyl sites for hydroxylation is 1. The zero-order valence-corrected chi connectivity index (χ0v) is 16.3. The number of allylic oxidation sites excluding steroid dienone is 1. The summed E-state index contributed by atoms with van der Waals surface area (Å²) in [6, 6.07) is 7.17. The molecule has 0 saturated carbocycles. The van der Waals surface area contributed by atoms with Crippen LogP contribution in [0.5, 0.6) is 0 Å². The van der Waals surface area contributed by atoms with Crippen LogP contribution in [0.25, 0.3) is 17.0 Å². The lowest BCUT2D eigenvalue weighted by Crippen LogP contribution is -2.21.